The quantitative estimate of drug-likeness (QED) is 0.839. The zero-order valence-corrected chi connectivity index (χ0v) is 9.61. The van der Waals surface area contributed by atoms with Crippen LogP contribution in [0.25, 0.3) is 0 Å². The molecule has 0 aromatic carbocycles. The van der Waals surface area contributed by atoms with Crippen molar-refractivity contribution in [3.05, 3.63) is 18.3 Å². The van der Waals surface area contributed by atoms with Crippen molar-refractivity contribution in [2.45, 2.75) is 12.3 Å². The van der Waals surface area contributed by atoms with Crippen molar-refractivity contribution in [1.82, 2.24) is 4.98 Å². The lowest BCUT2D eigenvalue weighted by molar-refractivity contribution is -0.148. The lowest BCUT2D eigenvalue weighted by atomic mass is 10.4. The van der Waals surface area contributed by atoms with Crippen LogP contribution in [0.2, 0.25) is 0 Å². The zero-order valence-electron chi connectivity index (χ0n) is 8.79. The number of nitrogens with zero attached hydrogens (tertiary/aromatic N) is 1. The van der Waals surface area contributed by atoms with Gasteiger partial charge >= 0.3 is 12.3 Å². The SMILES string of the molecule is CNc1ccc(OCC(F)(F)C(F)F)nc1.Cl. The van der Waals surface area contributed by atoms with Crippen LogP contribution >= 0.6 is 12.4 Å². The van der Waals surface area contributed by atoms with Gasteiger partial charge in [0.05, 0.1) is 11.9 Å². The summed E-state index contributed by atoms with van der Waals surface area (Å²) in [5, 5.41) is 2.76. The summed E-state index contributed by atoms with van der Waals surface area (Å²) in [5.74, 6) is -4.29. The van der Waals surface area contributed by atoms with E-state index in [4.69, 9.17) is 0 Å². The molecule has 0 amide bonds. The van der Waals surface area contributed by atoms with E-state index in [2.05, 4.69) is 15.0 Å². The summed E-state index contributed by atoms with van der Waals surface area (Å²) in [7, 11) is 1.66. The predicted molar refractivity (Wildman–Crippen MR) is 57.5 cm³/mol. The van der Waals surface area contributed by atoms with Gasteiger partial charge in [-0.25, -0.2) is 13.8 Å². The van der Waals surface area contributed by atoms with Crippen molar-refractivity contribution in [1.29, 1.82) is 0 Å². The number of rotatable bonds is 5. The van der Waals surface area contributed by atoms with Crippen LogP contribution in [0.5, 0.6) is 5.88 Å². The van der Waals surface area contributed by atoms with Gasteiger partial charge in [0, 0.05) is 13.1 Å². The van der Waals surface area contributed by atoms with E-state index in [0.29, 0.717) is 5.69 Å². The first-order chi connectivity index (χ1) is 7.45. The number of alkyl halides is 4. The fraction of sp³-hybridized carbons (Fsp3) is 0.444. The summed E-state index contributed by atoms with van der Waals surface area (Å²) >= 11 is 0. The highest BCUT2D eigenvalue weighted by molar-refractivity contribution is 5.85. The van der Waals surface area contributed by atoms with Crippen LogP contribution in [0.4, 0.5) is 23.2 Å². The Labute approximate surface area is 102 Å². The minimum Gasteiger partial charge on any atom is -0.471 e. The average molecular weight is 275 g/mol. The van der Waals surface area contributed by atoms with E-state index in [1.54, 1.807) is 7.05 Å². The Bertz CT molecular complexity index is 334. The normalized spacial score (nSPS) is 10.9. The molecule has 0 spiro atoms. The third-order valence-corrected chi connectivity index (χ3v) is 1.76. The number of anilines is 1. The van der Waals surface area contributed by atoms with Gasteiger partial charge in [-0.2, -0.15) is 8.78 Å². The molecule has 0 atom stereocenters. The molecule has 1 rings (SSSR count). The summed E-state index contributed by atoms with van der Waals surface area (Å²) in [6.45, 7) is -1.39. The van der Waals surface area contributed by atoms with Crippen LogP contribution in [-0.4, -0.2) is 31.0 Å². The monoisotopic (exact) mass is 274 g/mol. The van der Waals surface area contributed by atoms with E-state index < -0.39 is 19.0 Å². The first-order valence-corrected chi connectivity index (χ1v) is 4.38. The Kier molecular flexibility index (Phi) is 6.01. The molecule has 8 heteroatoms. The standard InChI is InChI=1S/C9H10F4N2O.ClH/c1-14-6-2-3-7(15-4-6)16-5-9(12,13)8(10)11;/h2-4,8,14H,5H2,1H3;1H. The number of ether oxygens (including phenoxy) is 1. The van der Waals surface area contributed by atoms with E-state index in [9.17, 15) is 17.6 Å². The van der Waals surface area contributed by atoms with Gasteiger partial charge < -0.3 is 10.1 Å². The Morgan fingerprint density at radius 1 is 1.41 bits per heavy atom. The van der Waals surface area contributed by atoms with Gasteiger partial charge in [0.15, 0.2) is 6.61 Å². The van der Waals surface area contributed by atoms with Crippen LogP contribution in [0.3, 0.4) is 0 Å². The van der Waals surface area contributed by atoms with Gasteiger partial charge in [-0.3, -0.25) is 0 Å². The van der Waals surface area contributed by atoms with E-state index in [1.807, 2.05) is 0 Å². The molecule has 0 fully saturated rings. The molecule has 17 heavy (non-hydrogen) atoms. The number of pyridine rings is 1. The number of hydrogen-bond donors (Lipinski definition) is 1. The first-order valence-electron chi connectivity index (χ1n) is 4.38. The van der Waals surface area contributed by atoms with Crippen LogP contribution in [-0.2, 0) is 0 Å². The van der Waals surface area contributed by atoms with Crippen LogP contribution in [0, 0.1) is 0 Å². The van der Waals surface area contributed by atoms with Crippen LogP contribution in [0.15, 0.2) is 18.3 Å². The fourth-order valence-electron chi connectivity index (χ4n) is 0.847. The molecule has 1 aromatic rings. The topological polar surface area (TPSA) is 34.1 Å². The predicted octanol–water partition coefficient (Wildman–Crippen LogP) is 2.82. The molecule has 0 radical (unpaired) electrons. The maximum absolute atomic E-state index is 12.5. The number of hydrogen-bond acceptors (Lipinski definition) is 3. The third-order valence-electron chi connectivity index (χ3n) is 1.76. The Balaban J connectivity index is 0.00000256. The average Bonchev–Trinajstić information content (AvgIpc) is 2.27. The van der Waals surface area contributed by atoms with E-state index >= 15 is 0 Å². The number of nitrogens with one attached hydrogen (secondary N) is 1. The summed E-state index contributed by atoms with van der Waals surface area (Å²) in [6, 6.07) is 2.84. The molecular weight excluding hydrogens is 264 g/mol. The van der Waals surface area contributed by atoms with Crippen molar-refractivity contribution < 1.29 is 22.3 Å². The molecule has 1 aromatic heterocycles. The van der Waals surface area contributed by atoms with Gasteiger partial charge in [-0.1, -0.05) is 0 Å². The highest BCUT2D eigenvalue weighted by atomic mass is 35.5. The second kappa shape index (κ2) is 6.48. The van der Waals surface area contributed by atoms with Gasteiger partial charge in [0.2, 0.25) is 5.88 Å². The first kappa shape index (κ1) is 15.8. The van der Waals surface area contributed by atoms with E-state index in [1.165, 1.54) is 18.3 Å². The summed E-state index contributed by atoms with van der Waals surface area (Å²) in [5.41, 5.74) is 0.660. The van der Waals surface area contributed by atoms with Crippen molar-refractivity contribution in [2.24, 2.45) is 0 Å². The molecule has 0 saturated carbocycles. The molecule has 98 valence electrons. The highest BCUT2D eigenvalue weighted by Gasteiger charge is 2.41. The van der Waals surface area contributed by atoms with Gasteiger partial charge in [-0.15, -0.1) is 12.4 Å². The van der Waals surface area contributed by atoms with Crippen LogP contribution in [0.1, 0.15) is 0 Å². The lowest BCUT2D eigenvalue weighted by Crippen LogP contribution is -2.33. The number of aromatic nitrogens is 1. The third kappa shape index (κ3) is 4.64. The molecule has 1 N–H and O–H groups in total. The summed E-state index contributed by atoms with van der Waals surface area (Å²) < 4.78 is 52.9. The zero-order chi connectivity index (χ0) is 12.2. The lowest BCUT2D eigenvalue weighted by Gasteiger charge is -2.15. The van der Waals surface area contributed by atoms with Crippen molar-refractivity contribution >= 4 is 18.1 Å². The van der Waals surface area contributed by atoms with E-state index in [-0.39, 0.29) is 18.3 Å². The molecule has 0 bridgehead atoms. The Morgan fingerprint density at radius 2 is 2.06 bits per heavy atom. The maximum Gasteiger partial charge on any atom is 0.340 e. The van der Waals surface area contributed by atoms with Gasteiger partial charge in [0.25, 0.3) is 0 Å². The van der Waals surface area contributed by atoms with Crippen molar-refractivity contribution in [3.8, 4) is 5.88 Å². The van der Waals surface area contributed by atoms with E-state index in [0.717, 1.165) is 0 Å². The maximum atomic E-state index is 12.5. The second-order valence-electron chi connectivity index (χ2n) is 2.99. The van der Waals surface area contributed by atoms with Crippen molar-refractivity contribution in [3.63, 3.8) is 0 Å². The van der Waals surface area contributed by atoms with Crippen LogP contribution < -0.4 is 10.1 Å². The van der Waals surface area contributed by atoms with Gasteiger partial charge in [0.1, 0.15) is 0 Å². The molecule has 0 aliphatic heterocycles. The fourth-order valence-corrected chi connectivity index (χ4v) is 0.847. The molecular formula is C9H11ClF4N2O. The Morgan fingerprint density at radius 3 is 2.47 bits per heavy atom. The molecule has 3 nitrogen and oxygen atoms in total. The second-order valence-corrected chi connectivity index (χ2v) is 2.99. The largest absolute Gasteiger partial charge is 0.471 e. The van der Waals surface area contributed by atoms with Gasteiger partial charge in [-0.05, 0) is 6.07 Å². The summed E-state index contributed by atoms with van der Waals surface area (Å²) in [6.07, 6.45) is -2.40. The summed E-state index contributed by atoms with van der Waals surface area (Å²) in [4.78, 5) is 3.65. The minimum atomic E-state index is -4.16. The molecule has 0 unspecified atom stereocenters. The molecule has 0 aliphatic rings. The highest BCUT2D eigenvalue weighted by Crippen LogP contribution is 2.23. The minimum absolute atomic E-state index is 0. The molecule has 1 heterocycles. The van der Waals surface area contributed by atoms with Crippen molar-refractivity contribution in [2.75, 3.05) is 19.0 Å². The smallest absolute Gasteiger partial charge is 0.340 e. The molecule has 0 aliphatic carbocycles. The number of halogens is 5. The molecule has 0 saturated heterocycles. The Hall–Kier alpha value is -1.24.